The maximum Gasteiger partial charge on any atom is 0.319 e. The fraction of sp³-hybridized carbons (Fsp3) is 0.588. The Bertz CT molecular complexity index is 473. The van der Waals surface area contributed by atoms with Gasteiger partial charge in [-0.1, -0.05) is 26.8 Å². The van der Waals surface area contributed by atoms with Crippen LogP contribution in [0.5, 0.6) is 5.75 Å². The van der Waals surface area contributed by atoms with Crippen molar-refractivity contribution in [1.29, 1.82) is 0 Å². The first kappa shape index (κ1) is 18.3. The molecule has 2 amide bonds. The van der Waals surface area contributed by atoms with Gasteiger partial charge in [0.1, 0.15) is 5.75 Å². The van der Waals surface area contributed by atoms with E-state index >= 15 is 0 Å². The minimum atomic E-state index is -0.382. The van der Waals surface area contributed by atoms with Gasteiger partial charge in [-0.25, -0.2) is 4.79 Å². The number of carbonyl (C=O) groups excluding carboxylic acids is 1. The van der Waals surface area contributed by atoms with Crippen molar-refractivity contribution in [3.8, 4) is 5.75 Å². The number of anilines is 1. The van der Waals surface area contributed by atoms with Crippen LogP contribution in [0.25, 0.3) is 0 Å². The molecule has 5 nitrogen and oxygen atoms in total. The Morgan fingerprint density at radius 1 is 1.41 bits per heavy atom. The van der Waals surface area contributed by atoms with Crippen molar-refractivity contribution in [2.24, 2.45) is 5.41 Å². The first-order valence-electron chi connectivity index (χ1n) is 7.78. The van der Waals surface area contributed by atoms with Gasteiger partial charge in [0.2, 0.25) is 0 Å². The Balaban J connectivity index is 2.48. The molecule has 0 aliphatic carbocycles. The van der Waals surface area contributed by atoms with Gasteiger partial charge >= 0.3 is 6.03 Å². The summed E-state index contributed by atoms with van der Waals surface area (Å²) < 4.78 is 5.54. The summed E-state index contributed by atoms with van der Waals surface area (Å²) in [5.41, 5.74) is 0.539. The van der Waals surface area contributed by atoms with Gasteiger partial charge in [0.05, 0.1) is 12.7 Å². The van der Waals surface area contributed by atoms with Crippen molar-refractivity contribution in [2.45, 2.75) is 46.6 Å². The maximum atomic E-state index is 11.9. The van der Waals surface area contributed by atoms with E-state index in [1.165, 1.54) is 0 Å². The lowest BCUT2D eigenvalue weighted by Crippen LogP contribution is -2.38. The fourth-order valence-corrected chi connectivity index (χ4v) is 2.25. The van der Waals surface area contributed by atoms with Crippen LogP contribution >= 0.6 is 0 Å². The van der Waals surface area contributed by atoms with Crippen molar-refractivity contribution in [2.75, 3.05) is 18.5 Å². The summed E-state index contributed by atoms with van der Waals surface area (Å²) in [5, 5.41) is 15.1. The number of ether oxygens (including phenoxy) is 1. The second-order valence-electron chi connectivity index (χ2n) is 6.40. The Hall–Kier alpha value is -1.75. The largest absolute Gasteiger partial charge is 0.494 e. The lowest BCUT2D eigenvalue weighted by atomic mass is 9.87. The quantitative estimate of drug-likeness (QED) is 0.689. The predicted octanol–water partition coefficient (Wildman–Crippen LogP) is 3.39. The first-order valence-corrected chi connectivity index (χ1v) is 7.78. The highest BCUT2D eigenvalue weighted by Gasteiger charge is 2.21. The lowest BCUT2D eigenvalue weighted by Gasteiger charge is -2.26. The van der Waals surface area contributed by atoms with Crippen molar-refractivity contribution in [1.82, 2.24) is 5.32 Å². The van der Waals surface area contributed by atoms with Gasteiger partial charge in [0.15, 0.2) is 0 Å². The summed E-state index contributed by atoms with van der Waals surface area (Å²) in [7, 11) is 0. The summed E-state index contributed by atoms with van der Waals surface area (Å²) in [4.78, 5) is 11.9. The number of amides is 2. The number of benzene rings is 1. The molecule has 1 atom stereocenters. The highest BCUT2D eigenvalue weighted by atomic mass is 16.5. The molecule has 1 rings (SSSR count). The van der Waals surface area contributed by atoms with Crippen LogP contribution in [0.1, 0.15) is 40.5 Å². The predicted molar refractivity (Wildman–Crippen MR) is 89.3 cm³/mol. The summed E-state index contributed by atoms with van der Waals surface area (Å²) in [6, 6.07) is 7.07. The van der Waals surface area contributed by atoms with Crippen LogP contribution in [-0.4, -0.2) is 30.4 Å². The first-order chi connectivity index (χ1) is 10.3. The Morgan fingerprint density at radius 3 is 2.77 bits per heavy atom. The zero-order valence-electron chi connectivity index (χ0n) is 14.0. The normalized spacial score (nSPS) is 12.6. The standard InChI is InChI=1S/C17H28N2O3/c1-5-9-22-15-8-6-7-14(10-15)19-16(21)18-12-17(3,4)11-13(2)20/h6-8,10,13,20H,5,9,11-12H2,1-4H3,(H2,18,19,21). The molecule has 1 aromatic rings. The molecule has 0 heterocycles. The van der Waals surface area contributed by atoms with E-state index in [1.54, 1.807) is 13.0 Å². The van der Waals surface area contributed by atoms with E-state index in [0.29, 0.717) is 25.3 Å². The van der Waals surface area contributed by atoms with Gasteiger partial charge in [0.25, 0.3) is 0 Å². The van der Waals surface area contributed by atoms with Gasteiger partial charge < -0.3 is 20.5 Å². The van der Waals surface area contributed by atoms with E-state index in [-0.39, 0.29) is 17.6 Å². The third-order valence-corrected chi connectivity index (χ3v) is 3.14. The summed E-state index contributed by atoms with van der Waals surface area (Å²) >= 11 is 0. The highest BCUT2D eigenvalue weighted by molar-refractivity contribution is 5.89. The monoisotopic (exact) mass is 308 g/mol. The number of aliphatic hydroxyl groups is 1. The third kappa shape index (κ3) is 7.31. The second kappa shape index (κ2) is 8.63. The summed E-state index contributed by atoms with van der Waals surface area (Å²) in [6.45, 7) is 8.98. The highest BCUT2D eigenvalue weighted by Crippen LogP contribution is 2.21. The van der Waals surface area contributed by atoms with Crippen molar-refractivity contribution in [3.63, 3.8) is 0 Å². The topological polar surface area (TPSA) is 70.6 Å². The molecule has 0 spiro atoms. The van der Waals surface area contributed by atoms with E-state index < -0.39 is 0 Å². The average Bonchev–Trinajstić information content (AvgIpc) is 2.42. The number of carbonyl (C=O) groups is 1. The Labute approximate surface area is 133 Å². The molecule has 0 radical (unpaired) electrons. The van der Waals surface area contributed by atoms with Gasteiger partial charge in [-0.15, -0.1) is 0 Å². The van der Waals surface area contributed by atoms with Crippen LogP contribution in [0, 0.1) is 5.41 Å². The van der Waals surface area contributed by atoms with E-state index in [4.69, 9.17) is 4.74 Å². The third-order valence-electron chi connectivity index (χ3n) is 3.14. The minimum absolute atomic E-state index is 0.155. The van der Waals surface area contributed by atoms with Gasteiger partial charge in [0, 0.05) is 18.3 Å². The maximum absolute atomic E-state index is 11.9. The van der Waals surface area contributed by atoms with Crippen LogP contribution in [0.2, 0.25) is 0 Å². The molecule has 0 fully saturated rings. The molecule has 124 valence electrons. The van der Waals surface area contributed by atoms with Crippen molar-refractivity contribution >= 4 is 11.7 Å². The van der Waals surface area contributed by atoms with Crippen LogP contribution < -0.4 is 15.4 Å². The molecule has 1 unspecified atom stereocenters. The molecule has 5 heteroatoms. The number of hydrogen-bond acceptors (Lipinski definition) is 3. The minimum Gasteiger partial charge on any atom is -0.494 e. The van der Waals surface area contributed by atoms with E-state index in [0.717, 1.165) is 12.2 Å². The van der Waals surface area contributed by atoms with Gasteiger partial charge in [-0.3, -0.25) is 0 Å². The smallest absolute Gasteiger partial charge is 0.319 e. The van der Waals surface area contributed by atoms with E-state index in [2.05, 4.69) is 10.6 Å². The number of nitrogens with one attached hydrogen (secondary N) is 2. The van der Waals surface area contributed by atoms with Crippen molar-refractivity contribution < 1.29 is 14.6 Å². The molecule has 22 heavy (non-hydrogen) atoms. The number of hydrogen-bond donors (Lipinski definition) is 3. The van der Waals surface area contributed by atoms with E-state index in [9.17, 15) is 9.90 Å². The molecule has 3 N–H and O–H groups in total. The number of aliphatic hydroxyl groups excluding tert-OH is 1. The molecule has 1 aromatic carbocycles. The van der Waals surface area contributed by atoms with Crippen LogP contribution in [0.15, 0.2) is 24.3 Å². The molecule has 0 aromatic heterocycles. The number of urea groups is 1. The molecule has 0 aliphatic rings. The Kier molecular flexibility index (Phi) is 7.18. The molecule has 0 bridgehead atoms. The van der Waals surface area contributed by atoms with Gasteiger partial charge in [-0.2, -0.15) is 0 Å². The summed E-state index contributed by atoms with van der Waals surface area (Å²) in [5.74, 6) is 0.745. The molecular formula is C17H28N2O3. The molecule has 0 saturated carbocycles. The van der Waals surface area contributed by atoms with Crippen LogP contribution in [0.4, 0.5) is 10.5 Å². The zero-order valence-corrected chi connectivity index (χ0v) is 14.0. The second-order valence-corrected chi connectivity index (χ2v) is 6.40. The molecular weight excluding hydrogens is 280 g/mol. The lowest BCUT2D eigenvalue weighted by molar-refractivity contribution is 0.129. The average molecular weight is 308 g/mol. The molecule has 0 aliphatic heterocycles. The fourth-order valence-electron chi connectivity index (χ4n) is 2.25. The van der Waals surface area contributed by atoms with Crippen molar-refractivity contribution in [3.05, 3.63) is 24.3 Å². The van der Waals surface area contributed by atoms with Gasteiger partial charge in [-0.05, 0) is 37.3 Å². The SMILES string of the molecule is CCCOc1cccc(NC(=O)NCC(C)(C)CC(C)O)c1. The van der Waals surface area contributed by atoms with E-state index in [1.807, 2.05) is 39.0 Å². The Morgan fingerprint density at radius 2 is 2.14 bits per heavy atom. The zero-order chi connectivity index (χ0) is 16.6. The number of rotatable bonds is 8. The van der Waals surface area contributed by atoms with Crippen LogP contribution in [-0.2, 0) is 0 Å². The molecule has 0 saturated heterocycles. The van der Waals surface area contributed by atoms with Crippen LogP contribution in [0.3, 0.4) is 0 Å². The summed E-state index contributed by atoms with van der Waals surface area (Å²) in [6.07, 6.45) is 1.19.